The van der Waals surface area contributed by atoms with Gasteiger partial charge in [0.2, 0.25) is 11.4 Å². The summed E-state index contributed by atoms with van der Waals surface area (Å²) < 4.78 is 7.75. The van der Waals surface area contributed by atoms with E-state index in [9.17, 15) is 0 Å². The van der Waals surface area contributed by atoms with Crippen LogP contribution in [0.4, 0.5) is 0 Å². The molecule has 0 aliphatic carbocycles. The van der Waals surface area contributed by atoms with E-state index in [0.29, 0.717) is 5.88 Å². The lowest BCUT2D eigenvalue weighted by molar-refractivity contribution is 0.321. The van der Waals surface area contributed by atoms with Crippen molar-refractivity contribution in [3.05, 3.63) is 24.4 Å². The van der Waals surface area contributed by atoms with Crippen molar-refractivity contribution in [2.24, 2.45) is 0 Å². The van der Waals surface area contributed by atoms with Gasteiger partial charge in [-0.25, -0.2) is 4.98 Å². The molecule has 0 N–H and O–H groups in total. The zero-order chi connectivity index (χ0) is 8.81. The molecule has 0 fully saturated rings. The summed E-state index contributed by atoms with van der Waals surface area (Å²) in [5.74, 6) is 3.12. The molecule has 0 bridgehead atoms. The Hall–Kier alpha value is -0.470. The molecule has 0 amide bonds. The Morgan fingerprint density at radius 2 is 2.42 bits per heavy atom. The van der Waals surface area contributed by atoms with E-state index in [4.69, 9.17) is 16.3 Å². The molecule has 2 nitrogen and oxygen atoms in total. The molecule has 12 heavy (non-hydrogen) atoms. The largest absolute Gasteiger partial charge is 0.446 e. The van der Waals surface area contributed by atoms with Crippen LogP contribution in [0.1, 0.15) is 0 Å². The van der Waals surface area contributed by atoms with E-state index in [0.717, 1.165) is 0 Å². The standard InChI is InChI=1S/C8H5ClINO/c9-7(4-5-10)12-8-3-1-2-6-11-8/h1-3,6-7H. The molecule has 1 heterocycles. The Balaban J connectivity index is 2.56. The van der Waals surface area contributed by atoms with E-state index in [1.165, 1.54) is 0 Å². The van der Waals surface area contributed by atoms with Gasteiger partial charge in [-0.15, -0.1) is 0 Å². The van der Waals surface area contributed by atoms with Gasteiger partial charge in [0.25, 0.3) is 0 Å². The minimum absolute atomic E-state index is 0.483. The molecule has 0 aliphatic rings. The molecule has 4 heteroatoms. The minimum Gasteiger partial charge on any atom is -0.446 e. The molecular formula is C8H5ClINO. The average Bonchev–Trinajstić information content (AvgIpc) is 2.06. The summed E-state index contributed by atoms with van der Waals surface area (Å²) in [6.07, 6.45) is 1.64. The monoisotopic (exact) mass is 293 g/mol. The molecule has 1 aromatic rings. The van der Waals surface area contributed by atoms with E-state index in [1.807, 2.05) is 28.7 Å². The summed E-state index contributed by atoms with van der Waals surface area (Å²) in [4.78, 5) is 3.92. The lowest BCUT2D eigenvalue weighted by atomic mass is 10.5. The van der Waals surface area contributed by atoms with E-state index in [-0.39, 0.29) is 0 Å². The first-order valence-electron chi connectivity index (χ1n) is 3.16. The lowest BCUT2D eigenvalue weighted by Gasteiger charge is -2.03. The molecule has 1 aromatic heterocycles. The Bertz CT molecular complexity index is 293. The average molecular weight is 293 g/mol. The maximum absolute atomic E-state index is 5.67. The molecule has 0 radical (unpaired) electrons. The first-order valence-corrected chi connectivity index (χ1v) is 4.67. The van der Waals surface area contributed by atoms with Crippen LogP contribution < -0.4 is 4.74 Å². The van der Waals surface area contributed by atoms with Crippen LogP contribution in [0, 0.1) is 9.85 Å². The zero-order valence-corrected chi connectivity index (χ0v) is 8.91. The van der Waals surface area contributed by atoms with Crippen molar-refractivity contribution in [2.75, 3.05) is 0 Å². The van der Waals surface area contributed by atoms with Crippen molar-refractivity contribution in [3.8, 4) is 15.7 Å². The van der Waals surface area contributed by atoms with Crippen molar-refractivity contribution in [1.29, 1.82) is 0 Å². The molecule has 1 unspecified atom stereocenters. The highest BCUT2D eigenvalue weighted by molar-refractivity contribution is 14.1. The van der Waals surface area contributed by atoms with Crippen molar-refractivity contribution >= 4 is 34.2 Å². The highest BCUT2D eigenvalue weighted by Gasteiger charge is 2.00. The molecule has 0 saturated heterocycles. The van der Waals surface area contributed by atoms with Gasteiger partial charge in [-0.3, -0.25) is 0 Å². The van der Waals surface area contributed by atoms with Gasteiger partial charge in [0, 0.05) is 34.9 Å². The van der Waals surface area contributed by atoms with Gasteiger partial charge >= 0.3 is 0 Å². The molecule has 62 valence electrons. The second-order valence-corrected chi connectivity index (χ2v) is 2.78. The lowest BCUT2D eigenvalue weighted by Crippen LogP contribution is -2.05. The Morgan fingerprint density at radius 3 is 3.00 bits per heavy atom. The van der Waals surface area contributed by atoms with Crippen LogP contribution in [0.25, 0.3) is 0 Å². The van der Waals surface area contributed by atoms with Gasteiger partial charge in [0.15, 0.2) is 0 Å². The van der Waals surface area contributed by atoms with Gasteiger partial charge in [-0.2, -0.15) is 0 Å². The molecule has 0 aromatic carbocycles. The number of aromatic nitrogens is 1. The number of pyridine rings is 1. The topological polar surface area (TPSA) is 22.1 Å². The van der Waals surface area contributed by atoms with Crippen LogP contribution >= 0.6 is 34.2 Å². The minimum atomic E-state index is -0.628. The van der Waals surface area contributed by atoms with Crippen molar-refractivity contribution in [1.82, 2.24) is 4.98 Å². The summed E-state index contributed by atoms with van der Waals surface area (Å²) in [7, 11) is 0. The number of hydrogen-bond donors (Lipinski definition) is 0. The number of alkyl halides is 1. The van der Waals surface area contributed by atoms with Crippen LogP contribution in [-0.4, -0.2) is 10.5 Å². The maximum Gasteiger partial charge on any atom is 0.236 e. The fourth-order valence-corrected chi connectivity index (χ4v) is 1.21. The molecule has 1 atom stereocenters. The normalized spacial score (nSPS) is 11.2. The van der Waals surface area contributed by atoms with Gasteiger partial charge < -0.3 is 4.74 Å². The van der Waals surface area contributed by atoms with Crippen molar-refractivity contribution in [3.63, 3.8) is 0 Å². The second-order valence-electron chi connectivity index (χ2n) is 1.84. The van der Waals surface area contributed by atoms with E-state index in [1.54, 1.807) is 18.3 Å². The van der Waals surface area contributed by atoms with Crippen LogP contribution in [0.3, 0.4) is 0 Å². The third-order valence-electron chi connectivity index (χ3n) is 1.03. The number of ether oxygens (including phenoxy) is 1. The molecule has 1 rings (SSSR count). The summed E-state index contributed by atoms with van der Waals surface area (Å²) in [5.41, 5.74) is -0.628. The SMILES string of the molecule is ClC(C#CI)Oc1ccccn1. The van der Waals surface area contributed by atoms with Crippen LogP contribution in [0.5, 0.6) is 5.88 Å². The fraction of sp³-hybridized carbons (Fsp3) is 0.125. The number of halogens is 2. The number of nitrogens with zero attached hydrogens (tertiary/aromatic N) is 1. The maximum atomic E-state index is 5.67. The quantitative estimate of drug-likeness (QED) is 0.475. The Kier molecular flexibility index (Phi) is 4.19. The van der Waals surface area contributed by atoms with Crippen molar-refractivity contribution in [2.45, 2.75) is 5.56 Å². The van der Waals surface area contributed by atoms with E-state index < -0.39 is 5.56 Å². The summed E-state index contributed by atoms with van der Waals surface area (Å²) in [5, 5.41) is 0. The van der Waals surface area contributed by atoms with E-state index in [2.05, 4.69) is 14.8 Å². The van der Waals surface area contributed by atoms with Gasteiger partial charge in [-0.1, -0.05) is 17.7 Å². The zero-order valence-electron chi connectivity index (χ0n) is 6.00. The van der Waals surface area contributed by atoms with Crippen LogP contribution in [-0.2, 0) is 0 Å². The van der Waals surface area contributed by atoms with Gasteiger partial charge in [0.1, 0.15) is 0 Å². The highest BCUT2D eigenvalue weighted by atomic mass is 127. The molecular weight excluding hydrogens is 288 g/mol. The first-order chi connectivity index (χ1) is 5.83. The summed E-state index contributed by atoms with van der Waals surface area (Å²) in [6, 6.07) is 5.35. The summed E-state index contributed by atoms with van der Waals surface area (Å²) in [6.45, 7) is 0. The predicted octanol–water partition coefficient (Wildman–Crippen LogP) is 2.42. The third-order valence-corrected chi connectivity index (χ3v) is 1.54. The highest BCUT2D eigenvalue weighted by Crippen LogP contribution is 2.08. The molecule has 0 spiro atoms. The Morgan fingerprint density at radius 1 is 1.58 bits per heavy atom. The smallest absolute Gasteiger partial charge is 0.236 e. The van der Waals surface area contributed by atoms with Gasteiger partial charge in [0.05, 0.1) is 0 Å². The second kappa shape index (κ2) is 5.22. The molecule has 0 saturated carbocycles. The molecule has 0 aliphatic heterocycles. The predicted molar refractivity (Wildman–Crippen MR) is 56.3 cm³/mol. The number of rotatable bonds is 2. The fourth-order valence-electron chi connectivity index (χ4n) is 0.595. The number of hydrogen-bond acceptors (Lipinski definition) is 2. The first kappa shape index (κ1) is 9.62. The van der Waals surface area contributed by atoms with Crippen LogP contribution in [0.2, 0.25) is 0 Å². The summed E-state index contributed by atoms with van der Waals surface area (Å²) >= 11 is 7.57. The third kappa shape index (κ3) is 3.28. The van der Waals surface area contributed by atoms with Gasteiger partial charge in [-0.05, 0) is 15.9 Å². The van der Waals surface area contributed by atoms with Crippen molar-refractivity contribution < 1.29 is 4.74 Å². The van der Waals surface area contributed by atoms with Crippen LogP contribution in [0.15, 0.2) is 24.4 Å². The van der Waals surface area contributed by atoms with E-state index >= 15 is 0 Å². The Labute approximate surface area is 89.4 Å².